The summed E-state index contributed by atoms with van der Waals surface area (Å²) in [6.07, 6.45) is 5.01. The van der Waals surface area contributed by atoms with E-state index in [1.807, 2.05) is 30.3 Å². The van der Waals surface area contributed by atoms with E-state index in [9.17, 15) is 9.90 Å². The van der Waals surface area contributed by atoms with Crippen LogP contribution in [0.25, 0.3) is 0 Å². The van der Waals surface area contributed by atoms with Gasteiger partial charge in [0.15, 0.2) is 0 Å². The highest BCUT2D eigenvalue weighted by molar-refractivity contribution is 5.67. The van der Waals surface area contributed by atoms with Gasteiger partial charge in [-0.15, -0.1) is 0 Å². The number of nitrogens with one attached hydrogen (secondary N) is 1. The van der Waals surface area contributed by atoms with Gasteiger partial charge in [-0.25, -0.2) is 4.79 Å². The summed E-state index contributed by atoms with van der Waals surface area (Å²) in [5.74, 6) is 0. The van der Waals surface area contributed by atoms with Crippen LogP contribution in [0.4, 0.5) is 4.79 Å². The van der Waals surface area contributed by atoms with Crippen LogP contribution < -0.4 is 5.32 Å². The molecular weight excluding hydrogens is 254 g/mol. The van der Waals surface area contributed by atoms with Crippen molar-refractivity contribution in [3.63, 3.8) is 0 Å². The number of aliphatic hydroxyl groups is 1. The molecule has 0 radical (unpaired) electrons. The Morgan fingerprint density at radius 3 is 2.55 bits per heavy atom. The van der Waals surface area contributed by atoms with E-state index in [4.69, 9.17) is 4.74 Å². The van der Waals surface area contributed by atoms with E-state index in [1.165, 1.54) is 6.42 Å². The topological polar surface area (TPSA) is 58.6 Å². The summed E-state index contributed by atoms with van der Waals surface area (Å²) in [5.41, 5.74) is 0.821. The summed E-state index contributed by atoms with van der Waals surface area (Å²) in [6.45, 7) is 0.905. The average molecular weight is 277 g/mol. The summed E-state index contributed by atoms with van der Waals surface area (Å²) < 4.78 is 5.18. The van der Waals surface area contributed by atoms with E-state index in [2.05, 4.69) is 5.32 Å². The maximum atomic E-state index is 11.7. The average Bonchev–Trinajstić information content (AvgIpc) is 2.53. The van der Waals surface area contributed by atoms with Gasteiger partial charge in [-0.1, -0.05) is 49.6 Å². The third-order valence-electron chi connectivity index (χ3n) is 4.07. The molecule has 0 unspecified atom stereocenters. The molecule has 110 valence electrons. The maximum Gasteiger partial charge on any atom is 0.407 e. The van der Waals surface area contributed by atoms with Crippen LogP contribution in [0.3, 0.4) is 0 Å². The first kappa shape index (κ1) is 14.9. The SMILES string of the molecule is O=C(NCC1(CO)CCCCC1)OCc1ccccc1. The molecule has 2 N–H and O–H groups in total. The molecule has 4 nitrogen and oxygen atoms in total. The lowest BCUT2D eigenvalue weighted by Crippen LogP contribution is -2.41. The summed E-state index contributed by atoms with van der Waals surface area (Å²) in [5, 5.41) is 12.4. The van der Waals surface area contributed by atoms with Crippen molar-refractivity contribution in [1.82, 2.24) is 5.32 Å². The molecule has 1 aliphatic carbocycles. The van der Waals surface area contributed by atoms with Crippen molar-refractivity contribution in [3.05, 3.63) is 35.9 Å². The molecule has 0 aromatic heterocycles. The third kappa shape index (κ3) is 4.23. The second kappa shape index (κ2) is 7.29. The van der Waals surface area contributed by atoms with Crippen LogP contribution in [0.5, 0.6) is 0 Å². The van der Waals surface area contributed by atoms with Gasteiger partial charge in [-0.3, -0.25) is 0 Å². The molecule has 1 amide bonds. The molecule has 1 aromatic carbocycles. The van der Waals surface area contributed by atoms with Gasteiger partial charge >= 0.3 is 6.09 Å². The lowest BCUT2D eigenvalue weighted by molar-refractivity contribution is 0.0754. The fraction of sp³-hybridized carbons (Fsp3) is 0.562. The normalized spacial score (nSPS) is 17.4. The standard InChI is InChI=1S/C16H23NO3/c18-13-16(9-5-2-6-10-16)12-17-15(19)20-11-14-7-3-1-4-8-14/h1,3-4,7-8,18H,2,5-6,9-13H2,(H,17,19). The number of amides is 1. The van der Waals surface area contributed by atoms with Crippen molar-refractivity contribution in [2.75, 3.05) is 13.2 Å². The van der Waals surface area contributed by atoms with Gasteiger partial charge < -0.3 is 15.2 Å². The van der Waals surface area contributed by atoms with Gasteiger partial charge in [-0.05, 0) is 18.4 Å². The Balaban J connectivity index is 1.74. The summed E-state index contributed by atoms with van der Waals surface area (Å²) in [6, 6.07) is 9.60. The summed E-state index contributed by atoms with van der Waals surface area (Å²) in [4.78, 5) is 11.7. The molecule has 0 spiro atoms. The Bertz CT molecular complexity index is 413. The van der Waals surface area contributed by atoms with Crippen LogP contribution in [0.2, 0.25) is 0 Å². The second-order valence-corrected chi connectivity index (χ2v) is 5.63. The van der Waals surface area contributed by atoms with E-state index in [0.717, 1.165) is 31.2 Å². The Morgan fingerprint density at radius 1 is 1.20 bits per heavy atom. The van der Waals surface area contributed by atoms with Crippen LogP contribution >= 0.6 is 0 Å². The van der Waals surface area contributed by atoms with Gasteiger partial charge in [0.2, 0.25) is 0 Å². The van der Waals surface area contributed by atoms with Crippen molar-refractivity contribution in [2.45, 2.75) is 38.7 Å². The first-order valence-electron chi connectivity index (χ1n) is 7.30. The highest BCUT2D eigenvalue weighted by Gasteiger charge is 2.31. The molecule has 0 atom stereocenters. The largest absolute Gasteiger partial charge is 0.445 e. The van der Waals surface area contributed by atoms with Gasteiger partial charge in [0, 0.05) is 12.0 Å². The molecule has 20 heavy (non-hydrogen) atoms. The van der Waals surface area contributed by atoms with Crippen LogP contribution in [0.15, 0.2) is 30.3 Å². The predicted molar refractivity (Wildman–Crippen MR) is 77.2 cm³/mol. The monoisotopic (exact) mass is 277 g/mol. The third-order valence-corrected chi connectivity index (χ3v) is 4.07. The fourth-order valence-electron chi connectivity index (χ4n) is 2.73. The maximum absolute atomic E-state index is 11.7. The van der Waals surface area contributed by atoms with E-state index >= 15 is 0 Å². The molecule has 1 fully saturated rings. The highest BCUT2D eigenvalue weighted by Crippen LogP contribution is 2.35. The van der Waals surface area contributed by atoms with E-state index in [-0.39, 0.29) is 18.6 Å². The quantitative estimate of drug-likeness (QED) is 0.870. The molecule has 0 heterocycles. The van der Waals surface area contributed by atoms with Crippen LogP contribution in [-0.2, 0) is 11.3 Å². The summed E-state index contributed by atoms with van der Waals surface area (Å²) >= 11 is 0. The van der Waals surface area contributed by atoms with Crippen molar-refractivity contribution in [3.8, 4) is 0 Å². The van der Waals surface area contributed by atoms with E-state index in [0.29, 0.717) is 6.54 Å². The van der Waals surface area contributed by atoms with Crippen LogP contribution in [0, 0.1) is 5.41 Å². The predicted octanol–water partition coefficient (Wildman–Crippen LogP) is 2.86. The number of carbonyl (C=O) groups excluding carboxylic acids is 1. The minimum absolute atomic E-state index is 0.131. The molecule has 4 heteroatoms. The molecule has 0 saturated heterocycles. The lowest BCUT2D eigenvalue weighted by atomic mass is 9.74. The number of carbonyl (C=O) groups is 1. The zero-order chi connectivity index (χ0) is 14.3. The molecule has 1 saturated carbocycles. The Labute approximate surface area is 120 Å². The van der Waals surface area contributed by atoms with Gasteiger partial charge in [0.25, 0.3) is 0 Å². The number of benzene rings is 1. The Hall–Kier alpha value is -1.55. The molecule has 1 aromatic rings. The van der Waals surface area contributed by atoms with E-state index in [1.54, 1.807) is 0 Å². The van der Waals surface area contributed by atoms with Crippen molar-refractivity contribution >= 4 is 6.09 Å². The van der Waals surface area contributed by atoms with Crippen molar-refractivity contribution in [1.29, 1.82) is 0 Å². The smallest absolute Gasteiger partial charge is 0.407 e. The number of hydrogen-bond donors (Lipinski definition) is 2. The van der Waals surface area contributed by atoms with Crippen molar-refractivity contribution in [2.24, 2.45) is 5.41 Å². The second-order valence-electron chi connectivity index (χ2n) is 5.63. The number of ether oxygens (including phenoxy) is 1. The number of alkyl carbamates (subject to hydrolysis) is 1. The zero-order valence-corrected chi connectivity index (χ0v) is 11.8. The van der Waals surface area contributed by atoms with E-state index < -0.39 is 6.09 Å². The fourth-order valence-corrected chi connectivity index (χ4v) is 2.73. The molecule has 1 aliphatic rings. The van der Waals surface area contributed by atoms with Gasteiger partial charge in [-0.2, -0.15) is 0 Å². The van der Waals surface area contributed by atoms with Crippen LogP contribution in [-0.4, -0.2) is 24.4 Å². The summed E-state index contributed by atoms with van der Waals surface area (Å²) in [7, 11) is 0. The highest BCUT2D eigenvalue weighted by atomic mass is 16.5. The number of hydrogen-bond acceptors (Lipinski definition) is 3. The Kier molecular flexibility index (Phi) is 5.41. The lowest BCUT2D eigenvalue weighted by Gasteiger charge is -2.35. The molecular formula is C16H23NO3. The minimum atomic E-state index is -0.410. The van der Waals surface area contributed by atoms with Crippen molar-refractivity contribution < 1.29 is 14.6 Å². The molecule has 2 rings (SSSR count). The van der Waals surface area contributed by atoms with Gasteiger partial charge in [0.05, 0.1) is 6.61 Å². The minimum Gasteiger partial charge on any atom is -0.445 e. The number of aliphatic hydroxyl groups excluding tert-OH is 1. The zero-order valence-electron chi connectivity index (χ0n) is 11.8. The van der Waals surface area contributed by atoms with Crippen LogP contribution in [0.1, 0.15) is 37.7 Å². The molecule has 0 bridgehead atoms. The number of rotatable bonds is 5. The first-order valence-corrected chi connectivity index (χ1v) is 7.30. The molecule has 0 aliphatic heterocycles. The Morgan fingerprint density at radius 2 is 1.90 bits per heavy atom. The van der Waals surface area contributed by atoms with Gasteiger partial charge in [0.1, 0.15) is 6.61 Å². The first-order chi connectivity index (χ1) is 9.74.